The molecule has 0 atom stereocenters. The third kappa shape index (κ3) is 2.70. The van der Waals surface area contributed by atoms with Crippen molar-refractivity contribution in [2.75, 3.05) is 20.2 Å². The lowest BCUT2D eigenvalue weighted by Crippen LogP contribution is -2.53. The number of imide groups is 1. The summed E-state index contributed by atoms with van der Waals surface area (Å²) in [7, 11) is 1.38. The Kier molecular flexibility index (Phi) is 3.46. The number of carbonyl (C=O) groups is 3. The molecule has 0 saturated carbocycles. The summed E-state index contributed by atoms with van der Waals surface area (Å²) in [5.74, 6) is -2.36. The van der Waals surface area contributed by atoms with Gasteiger partial charge in [-0.15, -0.1) is 0 Å². The molecule has 0 radical (unpaired) electrons. The van der Waals surface area contributed by atoms with Gasteiger partial charge in [0.25, 0.3) is 5.91 Å². The quantitative estimate of drug-likeness (QED) is 0.760. The summed E-state index contributed by atoms with van der Waals surface area (Å²) >= 11 is 0. The molecule has 7 heteroatoms. The molecule has 1 fully saturated rings. The van der Waals surface area contributed by atoms with E-state index in [1.807, 2.05) is 0 Å². The van der Waals surface area contributed by atoms with Crippen LogP contribution in [0.4, 0.5) is 4.39 Å². The molecule has 1 aromatic carbocycles. The first-order valence-corrected chi connectivity index (χ1v) is 5.46. The average Bonchev–Trinajstić information content (AvgIpc) is 2.36. The number of carbonyl (C=O) groups excluding carboxylic acids is 3. The number of nitrogens with one attached hydrogen (secondary N) is 1. The van der Waals surface area contributed by atoms with Gasteiger partial charge >= 0.3 is 0 Å². The van der Waals surface area contributed by atoms with Crippen LogP contribution in [0.15, 0.2) is 18.2 Å². The van der Waals surface area contributed by atoms with Gasteiger partial charge in [-0.2, -0.15) is 0 Å². The minimum atomic E-state index is -0.761. The number of methoxy groups -OCH3 is 1. The summed E-state index contributed by atoms with van der Waals surface area (Å²) in [4.78, 5) is 35.3. The van der Waals surface area contributed by atoms with Gasteiger partial charge in [-0.3, -0.25) is 19.7 Å². The Morgan fingerprint density at radius 1 is 1.32 bits per heavy atom. The smallest absolute Gasteiger partial charge is 0.257 e. The zero-order valence-electron chi connectivity index (χ0n) is 10.1. The van der Waals surface area contributed by atoms with Gasteiger partial charge < -0.3 is 9.64 Å². The second kappa shape index (κ2) is 5.05. The fourth-order valence-corrected chi connectivity index (χ4v) is 1.75. The van der Waals surface area contributed by atoms with Gasteiger partial charge in [0.2, 0.25) is 11.8 Å². The lowest BCUT2D eigenvalue weighted by atomic mass is 10.1. The first-order chi connectivity index (χ1) is 9.01. The number of hydrogen-bond acceptors (Lipinski definition) is 4. The van der Waals surface area contributed by atoms with Crippen LogP contribution in [0.5, 0.6) is 5.75 Å². The largest absolute Gasteiger partial charge is 0.497 e. The second-order valence-corrected chi connectivity index (χ2v) is 3.98. The monoisotopic (exact) mass is 266 g/mol. The molecule has 2 rings (SSSR count). The SMILES string of the molecule is COc1ccc(C(=O)N2CC(=O)NC(=O)C2)c(F)c1. The molecule has 1 heterocycles. The van der Waals surface area contributed by atoms with E-state index in [4.69, 9.17) is 4.74 Å². The Morgan fingerprint density at radius 3 is 2.47 bits per heavy atom. The molecule has 100 valence electrons. The number of halogens is 1. The van der Waals surface area contributed by atoms with Crippen LogP contribution in [0, 0.1) is 5.82 Å². The minimum Gasteiger partial charge on any atom is -0.497 e. The molecule has 6 nitrogen and oxygen atoms in total. The molecule has 19 heavy (non-hydrogen) atoms. The van der Waals surface area contributed by atoms with Crippen molar-refractivity contribution in [1.82, 2.24) is 10.2 Å². The topological polar surface area (TPSA) is 75.7 Å². The van der Waals surface area contributed by atoms with Crippen molar-refractivity contribution in [1.29, 1.82) is 0 Å². The molecule has 1 aliphatic rings. The molecule has 3 amide bonds. The summed E-state index contributed by atoms with van der Waals surface area (Å²) in [6.45, 7) is -0.536. The molecule has 0 spiro atoms. The van der Waals surface area contributed by atoms with Gasteiger partial charge in [-0.1, -0.05) is 0 Å². The van der Waals surface area contributed by atoms with Crippen LogP contribution in [-0.2, 0) is 9.59 Å². The van der Waals surface area contributed by atoms with E-state index in [1.54, 1.807) is 0 Å². The van der Waals surface area contributed by atoms with Gasteiger partial charge in [-0.05, 0) is 12.1 Å². The van der Waals surface area contributed by atoms with Crippen molar-refractivity contribution in [3.8, 4) is 5.75 Å². The van der Waals surface area contributed by atoms with Crippen molar-refractivity contribution >= 4 is 17.7 Å². The molecule has 1 aromatic rings. The van der Waals surface area contributed by atoms with Crippen LogP contribution in [0.3, 0.4) is 0 Å². The Hall–Kier alpha value is -2.44. The van der Waals surface area contributed by atoms with E-state index in [0.717, 1.165) is 11.0 Å². The maximum absolute atomic E-state index is 13.7. The Balaban J connectivity index is 2.24. The molecular weight excluding hydrogens is 255 g/mol. The summed E-state index contributed by atoms with van der Waals surface area (Å²) in [6.07, 6.45) is 0. The highest BCUT2D eigenvalue weighted by Crippen LogP contribution is 2.18. The first kappa shape index (κ1) is 13.0. The zero-order valence-corrected chi connectivity index (χ0v) is 10.1. The van der Waals surface area contributed by atoms with Crippen molar-refractivity contribution in [2.24, 2.45) is 0 Å². The van der Waals surface area contributed by atoms with Crippen molar-refractivity contribution < 1.29 is 23.5 Å². The summed E-state index contributed by atoms with van der Waals surface area (Å²) in [5, 5.41) is 2.06. The lowest BCUT2D eigenvalue weighted by Gasteiger charge is -2.25. The van der Waals surface area contributed by atoms with Crippen molar-refractivity contribution in [2.45, 2.75) is 0 Å². The maximum Gasteiger partial charge on any atom is 0.257 e. The number of nitrogens with zero attached hydrogens (tertiary/aromatic N) is 1. The van der Waals surface area contributed by atoms with E-state index >= 15 is 0 Å². The number of hydrogen-bond donors (Lipinski definition) is 1. The average molecular weight is 266 g/mol. The fraction of sp³-hybridized carbons (Fsp3) is 0.250. The van der Waals surface area contributed by atoms with E-state index in [1.165, 1.54) is 19.2 Å². The third-order valence-corrected chi connectivity index (χ3v) is 2.64. The van der Waals surface area contributed by atoms with E-state index in [-0.39, 0.29) is 24.4 Å². The van der Waals surface area contributed by atoms with Crippen molar-refractivity contribution in [3.63, 3.8) is 0 Å². The maximum atomic E-state index is 13.7. The molecule has 0 aromatic heterocycles. The predicted octanol–water partition coefficient (Wildman–Crippen LogP) is -0.0671. The predicted molar refractivity (Wildman–Crippen MR) is 62.0 cm³/mol. The number of piperazine rings is 1. The van der Waals surface area contributed by atoms with Crippen LogP contribution in [0.1, 0.15) is 10.4 Å². The Morgan fingerprint density at radius 2 is 1.95 bits per heavy atom. The van der Waals surface area contributed by atoms with E-state index in [9.17, 15) is 18.8 Å². The molecular formula is C12H11FN2O4. The molecule has 1 saturated heterocycles. The van der Waals surface area contributed by atoms with Crippen molar-refractivity contribution in [3.05, 3.63) is 29.6 Å². The standard InChI is InChI=1S/C12H11FN2O4/c1-19-7-2-3-8(9(13)4-7)12(18)15-5-10(16)14-11(17)6-15/h2-4H,5-6H2,1H3,(H,14,16,17). The first-order valence-electron chi connectivity index (χ1n) is 5.46. The van der Waals surface area contributed by atoms with Crippen LogP contribution < -0.4 is 10.1 Å². The highest BCUT2D eigenvalue weighted by molar-refractivity contribution is 6.05. The Bertz CT molecular complexity index is 543. The second-order valence-electron chi connectivity index (χ2n) is 3.98. The number of rotatable bonds is 2. The van der Waals surface area contributed by atoms with Gasteiger partial charge in [0.1, 0.15) is 24.7 Å². The molecule has 0 unspecified atom stereocenters. The van der Waals surface area contributed by atoms with Crippen LogP contribution in [0.25, 0.3) is 0 Å². The fourth-order valence-electron chi connectivity index (χ4n) is 1.75. The summed E-state index contributed by atoms with van der Waals surface area (Å²) in [5.41, 5.74) is -0.205. The molecule has 1 aliphatic heterocycles. The van der Waals surface area contributed by atoms with Gasteiger partial charge in [-0.25, -0.2) is 4.39 Å². The van der Waals surface area contributed by atoms with Crippen LogP contribution in [0.2, 0.25) is 0 Å². The lowest BCUT2D eigenvalue weighted by molar-refractivity contribution is -0.135. The highest BCUT2D eigenvalue weighted by Gasteiger charge is 2.28. The summed E-state index contributed by atoms with van der Waals surface area (Å²) < 4.78 is 18.6. The third-order valence-electron chi connectivity index (χ3n) is 2.64. The summed E-state index contributed by atoms with van der Waals surface area (Å²) in [6, 6.07) is 3.76. The zero-order chi connectivity index (χ0) is 14.0. The molecule has 0 bridgehead atoms. The Labute approximate surface area is 108 Å². The minimum absolute atomic E-state index is 0.205. The molecule has 1 N–H and O–H groups in total. The normalized spacial score (nSPS) is 15.2. The molecule has 0 aliphatic carbocycles. The van der Waals surface area contributed by atoms with E-state index in [0.29, 0.717) is 0 Å². The van der Waals surface area contributed by atoms with Gasteiger partial charge in [0, 0.05) is 6.07 Å². The highest BCUT2D eigenvalue weighted by atomic mass is 19.1. The number of ether oxygens (including phenoxy) is 1. The van der Waals surface area contributed by atoms with Crippen LogP contribution >= 0.6 is 0 Å². The number of benzene rings is 1. The van der Waals surface area contributed by atoms with E-state index in [2.05, 4.69) is 5.32 Å². The van der Waals surface area contributed by atoms with Gasteiger partial charge in [0.05, 0.1) is 12.7 Å². The van der Waals surface area contributed by atoms with Gasteiger partial charge in [0.15, 0.2) is 0 Å². The van der Waals surface area contributed by atoms with Crippen LogP contribution in [-0.4, -0.2) is 42.8 Å². The number of amides is 3. The van der Waals surface area contributed by atoms with E-state index < -0.39 is 23.5 Å².